The molecule has 0 unspecified atom stereocenters. The molecule has 0 aliphatic carbocycles. The molecule has 0 spiro atoms. The van der Waals surface area contributed by atoms with Crippen LogP contribution in [0.4, 0.5) is 0 Å². The van der Waals surface area contributed by atoms with Crippen molar-refractivity contribution in [3.05, 3.63) is 78.9 Å². The number of hydrogen-bond acceptors (Lipinski definition) is 5. The van der Waals surface area contributed by atoms with E-state index >= 15 is 0 Å². The van der Waals surface area contributed by atoms with Gasteiger partial charge in [0, 0.05) is 24.8 Å². The minimum Gasteiger partial charge on any atom is -0.255 e. The third-order valence-corrected chi connectivity index (χ3v) is 3.77. The Balaban J connectivity index is 1.82. The maximum atomic E-state index is 4.72. The van der Waals surface area contributed by atoms with Gasteiger partial charge in [0.2, 0.25) is 0 Å². The van der Waals surface area contributed by atoms with E-state index in [1.807, 2.05) is 61.7 Å². The van der Waals surface area contributed by atoms with Gasteiger partial charge in [-0.15, -0.1) is 0 Å². The summed E-state index contributed by atoms with van der Waals surface area (Å²) in [4.78, 5) is 22.5. The van der Waals surface area contributed by atoms with E-state index in [-0.39, 0.29) is 0 Å². The summed E-state index contributed by atoms with van der Waals surface area (Å²) in [6.07, 6.45) is 6.92. The zero-order valence-electron chi connectivity index (χ0n) is 13.7. The van der Waals surface area contributed by atoms with E-state index in [1.54, 1.807) is 18.6 Å². The molecule has 0 fully saturated rings. The van der Waals surface area contributed by atoms with Gasteiger partial charge >= 0.3 is 0 Å². The summed E-state index contributed by atoms with van der Waals surface area (Å²) in [6.45, 7) is 2.01. The molecule has 4 aromatic rings. The van der Waals surface area contributed by atoms with Crippen LogP contribution >= 0.6 is 0 Å². The van der Waals surface area contributed by atoms with Crippen LogP contribution in [0.25, 0.3) is 34.2 Å². The summed E-state index contributed by atoms with van der Waals surface area (Å²) in [5.74, 6) is 0. The normalized spacial score (nSPS) is 10.6. The Labute approximate surface area is 145 Å². The topological polar surface area (TPSA) is 64.5 Å². The highest BCUT2D eigenvalue weighted by molar-refractivity contribution is 5.74. The molecule has 0 saturated carbocycles. The molecule has 5 heteroatoms. The van der Waals surface area contributed by atoms with Crippen molar-refractivity contribution in [3.63, 3.8) is 0 Å². The Morgan fingerprint density at radius 1 is 0.560 bits per heavy atom. The quantitative estimate of drug-likeness (QED) is 0.570. The predicted octanol–water partition coefficient (Wildman–Crippen LogP) is 3.97. The first-order valence-electron chi connectivity index (χ1n) is 7.94. The van der Waals surface area contributed by atoms with E-state index in [0.717, 1.165) is 28.3 Å². The number of pyridine rings is 3. The first-order chi connectivity index (χ1) is 12.3. The molecular weight excluding hydrogens is 310 g/mol. The highest BCUT2D eigenvalue weighted by Crippen LogP contribution is 2.27. The SMILES string of the molecule is Cc1ccc(-c2nccnc2-c2cccc(-c3ccccn3)n2)nc1. The van der Waals surface area contributed by atoms with Crippen LogP contribution in [-0.4, -0.2) is 24.9 Å². The summed E-state index contributed by atoms with van der Waals surface area (Å²) >= 11 is 0. The fraction of sp³-hybridized carbons (Fsp3) is 0.0500. The van der Waals surface area contributed by atoms with E-state index in [2.05, 4.69) is 19.9 Å². The lowest BCUT2D eigenvalue weighted by Gasteiger charge is -2.08. The van der Waals surface area contributed by atoms with E-state index in [4.69, 9.17) is 4.98 Å². The van der Waals surface area contributed by atoms with Crippen LogP contribution < -0.4 is 0 Å². The first-order valence-corrected chi connectivity index (χ1v) is 7.94. The molecule has 0 amide bonds. The molecule has 0 atom stereocenters. The second kappa shape index (κ2) is 6.57. The Bertz CT molecular complexity index is 998. The molecule has 0 aromatic carbocycles. The lowest BCUT2D eigenvalue weighted by molar-refractivity contribution is 1.15. The molecule has 0 N–H and O–H groups in total. The average Bonchev–Trinajstić information content (AvgIpc) is 2.69. The molecule has 0 bridgehead atoms. The predicted molar refractivity (Wildman–Crippen MR) is 96.5 cm³/mol. The first kappa shape index (κ1) is 15.1. The Kier molecular flexibility index (Phi) is 3.96. The van der Waals surface area contributed by atoms with Crippen molar-refractivity contribution in [2.75, 3.05) is 0 Å². The van der Waals surface area contributed by atoms with Crippen molar-refractivity contribution in [1.29, 1.82) is 0 Å². The molecule has 25 heavy (non-hydrogen) atoms. The lowest BCUT2D eigenvalue weighted by Crippen LogP contribution is -1.97. The van der Waals surface area contributed by atoms with Crippen LogP contribution in [0.15, 0.2) is 73.3 Å². The summed E-state index contributed by atoms with van der Waals surface area (Å²) in [5.41, 5.74) is 5.66. The van der Waals surface area contributed by atoms with Crippen LogP contribution in [0.2, 0.25) is 0 Å². The Hall–Kier alpha value is -3.47. The van der Waals surface area contributed by atoms with Crippen LogP contribution in [0.3, 0.4) is 0 Å². The van der Waals surface area contributed by atoms with Crippen LogP contribution in [0.5, 0.6) is 0 Å². The van der Waals surface area contributed by atoms with Crippen LogP contribution in [0.1, 0.15) is 5.56 Å². The Morgan fingerprint density at radius 3 is 2.04 bits per heavy atom. The van der Waals surface area contributed by atoms with Crippen molar-refractivity contribution < 1.29 is 0 Å². The highest BCUT2D eigenvalue weighted by atomic mass is 14.9. The summed E-state index contributed by atoms with van der Waals surface area (Å²) in [6, 6.07) is 15.5. The number of aryl methyl sites for hydroxylation is 1. The van der Waals surface area contributed by atoms with Crippen molar-refractivity contribution in [2.45, 2.75) is 6.92 Å². The highest BCUT2D eigenvalue weighted by Gasteiger charge is 2.13. The minimum atomic E-state index is 0.705. The monoisotopic (exact) mass is 325 g/mol. The van der Waals surface area contributed by atoms with Gasteiger partial charge in [-0.05, 0) is 42.8 Å². The molecule has 4 rings (SSSR count). The minimum absolute atomic E-state index is 0.705. The van der Waals surface area contributed by atoms with Gasteiger partial charge in [-0.3, -0.25) is 19.9 Å². The van der Waals surface area contributed by atoms with Gasteiger partial charge < -0.3 is 0 Å². The fourth-order valence-electron chi connectivity index (χ4n) is 2.54. The second-order valence-electron chi connectivity index (χ2n) is 5.60. The standard InChI is InChI=1S/C20H15N5/c1-14-8-9-17(24-13-14)19-20(23-12-11-22-19)18-7-4-6-16(25-18)15-5-2-3-10-21-15/h2-13H,1H3. The fourth-order valence-corrected chi connectivity index (χ4v) is 2.54. The van der Waals surface area contributed by atoms with Crippen molar-refractivity contribution in [2.24, 2.45) is 0 Å². The number of rotatable bonds is 3. The van der Waals surface area contributed by atoms with Crippen molar-refractivity contribution in [3.8, 4) is 34.2 Å². The summed E-state index contributed by atoms with van der Waals surface area (Å²) in [7, 11) is 0. The van der Waals surface area contributed by atoms with Crippen LogP contribution in [-0.2, 0) is 0 Å². The number of nitrogens with zero attached hydrogens (tertiary/aromatic N) is 5. The number of aromatic nitrogens is 5. The molecular formula is C20H15N5. The summed E-state index contributed by atoms with van der Waals surface area (Å²) < 4.78 is 0. The molecule has 4 heterocycles. The maximum absolute atomic E-state index is 4.72. The average molecular weight is 325 g/mol. The zero-order chi connectivity index (χ0) is 17.1. The largest absolute Gasteiger partial charge is 0.255 e. The molecule has 0 saturated heterocycles. The smallest absolute Gasteiger partial charge is 0.116 e. The third kappa shape index (κ3) is 3.12. The Morgan fingerprint density at radius 2 is 1.32 bits per heavy atom. The molecule has 0 aliphatic heterocycles. The summed E-state index contributed by atoms with van der Waals surface area (Å²) in [5, 5.41) is 0. The van der Waals surface area contributed by atoms with Crippen LogP contribution in [0, 0.1) is 6.92 Å². The molecule has 0 aliphatic rings. The maximum Gasteiger partial charge on any atom is 0.116 e. The van der Waals surface area contributed by atoms with Crippen molar-refractivity contribution >= 4 is 0 Å². The van der Waals surface area contributed by atoms with Gasteiger partial charge in [0.05, 0.1) is 22.8 Å². The zero-order valence-corrected chi connectivity index (χ0v) is 13.7. The van der Waals surface area contributed by atoms with Gasteiger partial charge in [0.15, 0.2) is 0 Å². The number of hydrogen-bond donors (Lipinski definition) is 0. The van der Waals surface area contributed by atoms with E-state index in [1.165, 1.54) is 0 Å². The van der Waals surface area contributed by atoms with Gasteiger partial charge in [0.25, 0.3) is 0 Å². The lowest BCUT2D eigenvalue weighted by atomic mass is 10.1. The van der Waals surface area contributed by atoms with Gasteiger partial charge in [-0.1, -0.05) is 18.2 Å². The molecule has 120 valence electrons. The van der Waals surface area contributed by atoms with E-state index in [0.29, 0.717) is 11.4 Å². The molecule has 4 aromatic heterocycles. The van der Waals surface area contributed by atoms with Crippen molar-refractivity contribution in [1.82, 2.24) is 24.9 Å². The second-order valence-corrected chi connectivity index (χ2v) is 5.60. The molecule has 0 radical (unpaired) electrons. The van der Waals surface area contributed by atoms with E-state index in [9.17, 15) is 0 Å². The third-order valence-electron chi connectivity index (χ3n) is 3.77. The van der Waals surface area contributed by atoms with E-state index < -0.39 is 0 Å². The van der Waals surface area contributed by atoms with Gasteiger partial charge in [-0.25, -0.2) is 4.98 Å². The van der Waals surface area contributed by atoms with Gasteiger partial charge in [0.1, 0.15) is 11.4 Å². The molecule has 5 nitrogen and oxygen atoms in total. The van der Waals surface area contributed by atoms with Gasteiger partial charge in [-0.2, -0.15) is 0 Å².